The van der Waals surface area contributed by atoms with E-state index in [4.69, 9.17) is 4.74 Å². The number of hydrogen-bond acceptors (Lipinski definition) is 6. The number of aromatic nitrogens is 1. The van der Waals surface area contributed by atoms with E-state index in [1.807, 2.05) is 28.6 Å². The maximum Gasteiger partial charge on any atom is 0.254 e. The van der Waals surface area contributed by atoms with Gasteiger partial charge in [0.25, 0.3) is 5.91 Å². The molecule has 150 valence electrons. The van der Waals surface area contributed by atoms with Gasteiger partial charge in [-0.3, -0.25) is 4.79 Å². The molecule has 2 aliphatic heterocycles. The molecule has 3 heterocycles. The fourth-order valence-corrected chi connectivity index (χ4v) is 4.60. The summed E-state index contributed by atoms with van der Waals surface area (Å²) in [5.74, 6) is 0.105. The van der Waals surface area contributed by atoms with Crippen LogP contribution in [-0.4, -0.2) is 61.2 Å². The van der Waals surface area contributed by atoms with E-state index >= 15 is 0 Å². The molecule has 2 aliphatic rings. The van der Waals surface area contributed by atoms with Crippen molar-refractivity contribution in [2.24, 2.45) is 0 Å². The first kappa shape index (κ1) is 19.4. The molecule has 2 aromatic rings. The molecule has 1 aromatic heterocycles. The molecule has 0 bridgehead atoms. The first-order valence-electron chi connectivity index (χ1n) is 10.1. The minimum atomic E-state index is 0.105. The number of ether oxygens (including phenoxy) is 1. The molecule has 1 atom stereocenters. The van der Waals surface area contributed by atoms with Crippen molar-refractivity contribution in [3.8, 4) is 0 Å². The van der Waals surface area contributed by atoms with Crippen LogP contribution in [0.15, 0.2) is 35.8 Å². The Kier molecular flexibility index (Phi) is 6.24. The van der Waals surface area contributed by atoms with E-state index in [1.165, 1.54) is 5.69 Å². The molecular formula is C21H28N4O2S. The van der Waals surface area contributed by atoms with Gasteiger partial charge in [-0.1, -0.05) is 0 Å². The number of piperidine rings is 1. The Morgan fingerprint density at radius 3 is 2.54 bits per heavy atom. The second-order valence-electron chi connectivity index (χ2n) is 7.47. The number of carbonyl (C=O) groups is 1. The molecule has 1 amide bonds. The Bertz CT molecular complexity index is 751. The molecule has 2 saturated heterocycles. The molecule has 0 aliphatic carbocycles. The van der Waals surface area contributed by atoms with Crippen molar-refractivity contribution in [3.05, 3.63) is 46.4 Å². The molecule has 6 nitrogen and oxygen atoms in total. The van der Waals surface area contributed by atoms with E-state index in [9.17, 15) is 4.79 Å². The summed E-state index contributed by atoms with van der Waals surface area (Å²) in [5, 5.41) is 6.90. The fraction of sp³-hybridized carbons (Fsp3) is 0.524. The summed E-state index contributed by atoms with van der Waals surface area (Å²) in [7, 11) is 0. The molecule has 0 saturated carbocycles. The van der Waals surface area contributed by atoms with Gasteiger partial charge in [0.15, 0.2) is 0 Å². The van der Waals surface area contributed by atoms with E-state index < -0.39 is 0 Å². The van der Waals surface area contributed by atoms with E-state index in [0.29, 0.717) is 38.4 Å². The number of anilines is 1. The van der Waals surface area contributed by atoms with Gasteiger partial charge in [0.2, 0.25) is 0 Å². The predicted molar refractivity (Wildman–Crippen MR) is 112 cm³/mol. The van der Waals surface area contributed by atoms with Crippen LogP contribution < -0.4 is 10.2 Å². The quantitative estimate of drug-likeness (QED) is 0.836. The van der Waals surface area contributed by atoms with Crippen LogP contribution >= 0.6 is 11.3 Å². The molecule has 2 fully saturated rings. The summed E-state index contributed by atoms with van der Waals surface area (Å²) in [5.41, 5.74) is 1.96. The summed E-state index contributed by atoms with van der Waals surface area (Å²) in [6.07, 6.45) is 4.10. The van der Waals surface area contributed by atoms with Crippen molar-refractivity contribution >= 4 is 22.9 Å². The molecule has 28 heavy (non-hydrogen) atoms. The van der Waals surface area contributed by atoms with Crippen molar-refractivity contribution in [2.75, 3.05) is 44.3 Å². The molecule has 7 heteroatoms. The number of hydrogen-bond donors (Lipinski definition) is 1. The molecule has 0 radical (unpaired) electrons. The number of rotatable bonds is 5. The number of thiazole rings is 1. The normalized spacial score (nSPS) is 19.6. The largest absolute Gasteiger partial charge is 0.378 e. The third kappa shape index (κ3) is 4.54. The highest BCUT2D eigenvalue weighted by atomic mass is 32.1. The van der Waals surface area contributed by atoms with Gasteiger partial charge in [0.1, 0.15) is 5.01 Å². The van der Waals surface area contributed by atoms with Gasteiger partial charge in [-0.15, -0.1) is 11.3 Å². The van der Waals surface area contributed by atoms with Crippen LogP contribution in [0.5, 0.6) is 0 Å². The lowest BCUT2D eigenvalue weighted by Gasteiger charge is -2.35. The van der Waals surface area contributed by atoms with E-state index in [-0.39, 0.29) is 5.91 Å². The van der Waals surface area contributed by atoms with E-state index in [2.05, 4.69) is 34.3 Å². The summed E-state index contributed by atoms with van der Waals surface area (Å²) in [4.78, 5) is 21.3. The lowest BCUT2D eigenvalue weighted by atomic mass is 10.0. The zero-order chi connectivity index (χ0) is 19.3. The van der Waals surface area contributed by atoms with E-state index in [0.717, 1.165) is 36.5 Å². The average molecular weight is 401 g/mol. The van der Waals surface area contributed by atoms with Crippen LogP contribution in [-0.2, 0) is 4.74 Å². The molecule has 0 unspecified atom stereocenters. The van der Waals surface area contributed by atoms with Crippen molar-refractivity contribution in [1.82, 2.24) is 15.2 Å². The van der Waals surface area contributed by atoms with E-state index in [1.54, 1.807) is 11.3 Å². The van der Waals surface area contributed by atoms with Crippen molar-refractivity contribution in [3.63, 3.8) is 0 Å². The first-order valence-corrected chi connectivity index (χ1v) is 11.0. The van der Waals surface area contributed by atoms with Crippen LogP contribution in [0.4, 0.5) is 5.69 Å². The molecule has 1 aromatic carbocycles. The average Bonchev–Trinajstić information content (AvgIpc) is 3.30. The molecule has 0 spiro atoms. The monoisotopic (exact) mass is 400 g/mol. The zero-order valence-corrected chi connectivity index (χ0v) is 17.2. The lowest BCUT2D eigenvalue weighted by molar-refractivity contribution is 0.0303. The second-order valence-corrected chi connectivity index (χ2v) is 8.40. The minimum absolute atomic E-state index is 0.105. The fourth-order valence-electron chi connectivity index (χ4n) is 3.94. The smallest absolute Gasteiger partial charge is 0.254 e. The first-order chi connectivity index (χ1) is 13.7. The Hall–Kier alpha value is -1.96. The van der Waals surface area contributed by atoms with Crippen LogP contribution in [0.25, 0.3) is 0 Å². The van der Waals surface area contributed by atoms with Gasteiger partial charge in [0.05, 0.1) is 19.3 Å². The molecule has 1 N–H and O–H groups in total. The highest BCUT2D eigenvalue weighted by molar-refractivity contribution is 7.09. The van der Waals surface area contributed by atoms with Crippen LogP contribution in [0.1, 0.15) is 41.2 Å². The maximum atomic E-state index is 12.6. The van der Waals surface area contributed by atoms with Crippen LogP contribution in [0.2, 0.25) is 0 Å². The number of benzene rings is 1. The maximum absolute atomic E-state index is 12.6. The van der Waals surface area contributed by atoms with Gasteiger partial charge < -0.3 is 19.9 Å². The Labute approximate surface area is 170 Å². The number of nitrogens with zero attached hydrogens (tertiary/aromatic N) is 3. The Morgan fingerprint density at radius 1 is 1.18 bits per heavy atom. The third-order valence-electron chi connectivity index (χ3n) is 5.58. The minimum Gasteiger partial charge on any atom is -0.378 e. The van der Waals surface area contributed by atoms with Crippen LogP contribution in [0, 0.1) is 0 Å². The molecular weight excluding hydrogens is 372 g/mol. The Morgan fingerprint density at radius 2 is 1.89 bits per heavy atom. The highest BCUT2D eigenvalue weighted by Gasteiger charge is 2.23. The number of amides is 1. The Balaban J connectivity index is 1.29. The third-order valence-corrected chi connectivity index (χ3v) is 6.54. The van der Waals surface area contributed by atoms with Crippen molar-refractivity contribution in [2.45, 2.75) is 31.8 Å². The topological polar surface area (TPSA) is 57.7 Å². The molecule has 4 rings (SSSR count). The van der Waals surface area contributed by atoms with Gasteiger partial charge in [-0.05, 0) is 44.0 Å². The summed E-state index contributed by atoms with van der Waals surface area (Å²) < 4.78 is 5.33. The predicted octanol–water partition coefficient (Wildman–Crippen LogP) is 2.94. The standard InChI is InChI=1S/C21H28N4O2S/c1-16(20-22-8-15-28-20)23-18-6-9-24(10-7-18)19-4-2-17(3-5-19)21(26)25-11-13-27-14-12-25/h2-5,8,15-16,18,23H,6-7,9-14H2,1H3/t16-/m1/s1. The van der Waals surface area contributed by atoms with Gasteiger partial charge in [-0.25, -0.2) is 4.98 Å². The highest BCUT2D eigenvalue weighted by Crippen LogP contribution is 2.23. The van der Waals surface area contributed by atoms with Gasteiger partial charge in [-0.2, -0.15) is 0 Å². The SMILES string of the molecule is C[C@@H](NC1CCN(c2ccc(C(=O)N3CCOCC3)cc2)CC1)c1nccs1. The van der Waals surface area contributed by atoms with Crippen molar-refractivity contribution in [1.29, 1.82) is 0 Å². The summed E-state index contributed by atoms with van der Waals surface area (Å²) >= 11 is 1.71. The number of nitrogens with one attached hydrogen (secondary N) is 1. The second kappa shape index (κ2) is 9.03. The van der Waals surface area contributed by atoms with Gasteiger partial charge >= 0.3 is 0 Å². The lowest BCUT2D eigenvalue weighted by Crippen LogP contribution is -2.43. The zero-order valence-electron chi connectivity index (χ0n) is 16.3. The summed E-state index contributed by atoms with van der Waals surface area (Å²) in [6.45, 7) is 6.87. The summed E-state index contributed by atoms with van der Waals surface area (Å²) in [6, 6.07) is 8.92. The van der Waals surface area contributed by atoms with Crippen molar-refractivity contribution < 1.29 is 9.53 Å². The number of carbonyl (C=O) groups excluding carboxylic acids is 1. The van der Waals surface area contributed by atoms with Gasteiger partial charge in [0, 0.05) is 55.0 Å². The number of morpholine rings is 1. The van der Waals surface area contributed by atoms with Crippen LogP contribution in [0.3, 0.4) is 0 Å².